The fourth-order valence-electron chi connectivity index (χ4n) is 1.32. The molecule has 1 fully saturated rings. The van der Waals surface area contributed by atoms with Crippen LogP contribution in [0.2, 0.25) is 0 Å². The van der Waals surface area contributed by atoms with E-state index in [1.807, 2.05) is 17.2 Å². The molecule has 13 heavy (non-hydrogen) atoms. The van der Waals surface area contributed by atoms with E-state index in [0.717, 1.165) is 30.2 Å². The average molecular weight is 196 g/mol. The summed E-state index contributed by atoms with van der Waals surface area (Å²) in [6, 6.07) is 0. The van der Waals surface area contributed by atoms with E-state index in [-0.39, 0.29) is 5.91 Å². The molecule has 0 unspecified atom stereocenters. The molecule has 1 aliphatic heterocycles. The molecule has 0 radical (unpaired) electrons. The van der Waals surface area contributed by atoms with Gasteiger partial charge in [-0.05, 0) is 13.3 Å². The first kappa shape index (κ1) is 8.69. The predicted molar refractivity (Wildman–Crippen MR) is 51.8 cm³/mol. The molecule has 0 atom stereocenters. The van der Waals surface area contributed by atoms with E-state index < -0.39 is 0 Å². The SMILES string of the molecule is Cc1nc(CC(=O)N2CCC2)cs1. The van der Waals surface area contributed by atoms with Gasteiger partial charge in [0.2, 0.25) is 5.91 Å². The standard InChI is InChI=1S/C9H12N2OS/c1-7-10-8(6-13-7)5-9(12)11-3-2-4-11/h6H,2-5H2,1H3. The summed E-state index contributed by atoms with van der Waals surface area (Å²) in [5, 5.41) is 3.00. The normalized spacial score (nSPS) is 15.6. The molecule has 1 aromatic rings. The van der Waals surface area contributed by atoms with Crippen molar-refractivity contribution in [1.82, 2.24) is 9.88 Å². The van der Waals surface area contributed by atoms with Crippen molar-refractivity contribution >= 4 is 17.2 Å². The van der Waals surface area contributed by atoms with Crippen LogP contribution in [0, 0.1) is 6.92 Å². The van der Waals surface area contributed by atoms with Gasteiger partial charge >= 0.3 is 0 Å². The number of thiazole rings is 1. The number of aromatic nitrogens is 1. The topological polar surface area (TPSA) is 33.2 Å². The molecule has 1 aliphatic rings. The molecule has 1 amide bonds. The van der Waals surface area contributed by atoms with Crippen LogP contribution in [0.4, 0.5) is 0 Å². The average Bonchev–Trinajstić information content (AvgIpc) is 2.31. The van der Waals surface area contributed by atoms with Gasteiger partial charge in [0, 0.05) is 18.5 Å². The van der Waals surface area contributed by atoms with Crippen molar-refractivity contribution in [2.75, 3.05) is 13.1 Å². The number of aryl methyl sites for hydroxylation is 1. The van der Waals surface area contributed by atoms with E-state index in [2.05, 4.69) is 4.98 Å². The van der Waals surface area contributed by atoms with E-state index in [4.69, 9.17) is 0 Å². The summed E-state index contributed by atoms with van der Waals surface area (Å²) in [5.41, 5.74) is 0.916. The van der Waals surface area contributed by atoms with Crippen LogP contribution in [0.1, 0.15) is 17.1 Å². The number of amides is 1. The van der Waals surface area contributed by atoms with Crippen LogP contribution < -0.4 is 0 Å². The van der Waals surface area contributed by atoms with Gasteiger partial charge in [-0.2, -0.15) is 0 Å². The van der Waals surface area contributed by atoms with Crippen LogP contribution in [0.3, 0.4) is 0 Å². The summed E-state index contributed by atoms with van der Waals surface area (Å²) in [6.07, 6.45) is 1.63. The molecule has 2 rings (SSSR count). The van der Waals surface area contributed by atoms with Crippen molar-refractivity contribution in [2.24, 2.45) is 0 Å². The van der Waals surface area contributed by atoms with Crippen molar-refractivity contribution in [2.45, 2.75) is 19.8 Å². The lowest BCUT2D eigenvalue weighted by molar-refractivity contribution is -0.133. The zero-order valence-electron chi connectivity index (χ0n) is 7.62. The molecule has 0 spiro atoms. The summed E-state index contributed by atoms with van der Waals surface area (Å²) in [7, 11) is 0. The fourth-order valence-corrected chi connectivity index (χ4v) is 1.93. The second kappa shape index (κ2) is 3.46. The van der Waals surface area contributed by atoms with Gasteiger partial charge in [0.25, 0.3) is 0 Å². The monoisotopic (exact) mass is 196 g/mol. The first-order chi connectivity index (χ1) is 6.25. The highest BCUT2D eigenvalue weighted by Crippen LogP contribution is 2.12. The number of rotatable bonds is 2. The van der Waals surface area contributed by atoms with Crippen molar-refractivity contribution in [3.05, 3.63) is 16.1 Å². The Morgan fingerprint density at radius 2 is 2.46 bits per heavy atom. The van der Waals surface area contributed by atoms with E-state index in [1.54, 1.807) is 11.3 Å². The van der Waals surface area contributed by atoms with Gasteiger partial charge < -0.3 is 4.90 Å². The van der Waals surface area contributed by atoms with Gasteiger partial charge in [0.05, 0.1) is 17.1 Å². The molecule has 0 bridgehead atoms. The Bertz CT molecular complexity index is 317. The number of nitrogens with zero attached hydrogens (tertiary/aromatic N) is 2. The summed E-state index contributed by atoms with van der Waals surface area (Å²) >= 11 is 1.60. The Hall–Kier alpha value is -0.900. The summed E-state index contributed by atoms with van der Waals surface area (Å²) < 4.78 is 0. The third-order valence-corrected chi connectivity index (χ3v) is 3.03. The van der Waals surface area contributed by atoms with Crippen LogP contribution in [-0.4, -0.2) is 28.9 Å². The molecular weight excluding hydrogens is 184 g/mol. The number of likely N-dealkylation sites (tertiary alicyclic amines) is 1. The number of carbonyl (C=O) groups excluding carboxylic acids is 1. The molecule has 0 aliphatic carbocycles. The van der Waals surface area contributed by atoms with E-state index in [0.29, 0.717) is 6.42 Å². The van der Waals surface area contributed by atoms with Gasteiger partial charge in [-0.1, -0.05) is 0 Å². The Labute approximate surface area is 81.4 Å². The molecule has 3 nitrogen and oxygen atoms in total. The lowest BCUT2D eigenvalue weighted by atomic mass is 10.2. The van der Waals surface area contributed by atoms with Crippen molar-refractivity contribution < 1.29 is 4.79 Å². The van der Waals surface area contributed by atoms with Crippen LogP contribution in [0.5, 0.6) is 0 Å². The lowest BCUT2D eigenvalue weighted by Gasteiger charge is -2.30. The summed E-state index contributed by atoms with van der Waals surface area (Å²) in [6.45, 7) is 3.83. The molecule has 0 aromatic carbocycles. The molecule has 0 N–H and O–H groups in total. The Morgan fingerprint density at radius 3 is 2.92 bits per heavy atom. The molecular formula is C9H12N2OS. The minimum Gasteiger partial charge on any atom is -0.342 e. The fraction of sp³-hybridized carbons (Fsp3) is 0.556. The van der Waals surface area contributed by atoms with Crippen molar-refractivity contribution in [1.29, 1.82) is 0 Å². The third-order valence-electron chi connectivity index (χ3n) is 2.21. The molecule has 0 saturated carbocycles. The first-order valence-corrected chi connectivity index (χ1v) is 5.32. The Balaban J connectivity index is 1.93. The summed E-state index contributed by atoms with van der Waals surface area (Å²) in [4.78, 5) is 17.6. The molecule has 1 aromatic heterocycles. The smallest absolute Gasteiger partial charge is 0.228 e. The van der Waals surface area contributed by atoms with Crippen LogP contribution in [0.15, 0.2) is 5.38 Å². The van der Waals surface area contributed by atoms with Gasteiger partial charge in [-0.25, -0.2) is 4.98 Å². The number of carbonyl (C=O) groups is 1. The van der Waals surface area contributed by atoms with Crippen molar-refractivity contribution in [3.63, 3.8) is 0 Å². The van der Waals surface area contributed by atoms with Crippen LogP contribution in [0.25, 0.3) is 0 Å². The quantitative estimate of drug-likeness (QED) is 0.712. The first-order valence-electron chi connectivity index (χ1n) is 4.44. The highest BCUT2D eigenvalue weighted by Gasteiger charge is 2.20. The van der Waals surface area contributed by atoms with Gasteiger partial charge in [-0.3, -0.25) is 4.79 Å². The highest BCUT2D eigenvalue weighted by molar-refractivity contribution is 7.09. The maximum Gasteiger partial charge on any atom is 0.228 e. The second-order valence-electron chi connectivity index (χ2n) is 3.27. The number of hydrogen-bond donors (Lipinski definition) is 0. The molecule has 4 heteroatoms. The van der Waals surface area contributed by atoms with Crippen molar-refractivity contribution in [3.8, 4) is 0 Å². The predicted octanol–water partition coefficient (Wildman–Crippen LogP) is 1.23. The molecule has 1 saturated heterocycles. The Morgan fingerprint density at radius 1 is 1.69 bits per heavy atom. The molecule has 70 valence electrons. The van der Waals surface area contributed by atoms with E-state index >= 15 is 0 Å². The van der Waals surface area contributed by atoms with Crippen LogP contribution in [-0.2, 0) is 11.2 Å². The minimum atomic E-state index is 0.219. The molecule has 2 heterocycles. The maximum atomic E-state index is 11.5. The maximum absolute atomic E-state index is 11.5. The Kier molecular flexibility index (Phi) is 2.31. The number of hydrogen-bond acceptors (Lipinski definition) is 3. The second-order valence-corrected chi connectivity index (χ2v) is 4.33. The minimum absolute atomic E-state index is 0.219. The van der Waals surface area contributed by atoms with Gasteiger partial charge in [0.1, 0.15) is 0 Å². The zero-order chi connectivity index (χ0) is 9.26. The van der Waals surface area contributed by atoms with Gasteiger partial charge in [-0.15, -0.1) is 11.3 Å². The zero-order valence-corrected chi connectivity index (χ0v) is 8.43. The highest BCUT2D eigenvalue weighted by atomic mass is 32.1. The summed E-state index contributed by atoms with van der Waals surface area (Å²) in [5.74, 6) is 0.219. The van der Waals surface area contributed by atoms with Gasteiger partial charge in [0.15, 0.2) is 0 Å². The lowest BCUT2D eigenvalue weighted by Crippen LogP contribution is -2.42. The van der Waals surface area contributed by atoms with E-state index in [1.165, 1.54) is 0 Å². The van der Waals surface area contributed by atoms with Crippen LogP contribution >= 0.6 is 11.3 Å². The third kappa shape index (κ3) is 1.88. The largest absolute Gasteiger partial charge is 0.342 e. The van der Waals surface area contributed by atoms with E-state index in [9.17, 15) is 4.79 Å².